The van der Waals surface area contributed by atoms with Crippen LogP contribution in [0.2, 0.25) is 0 Å². The van der Waals surface area contributed by atoms with Crippen LogP contribution >= 0.6 is 27.3 Å². The number of aryl methyl sites for hydroxylation is 2. The van der Waals surface area contributed by atoms with E-state index in [0.717, 1.165) is 55.5 Å². The molecule has 0 bridgehead atoms. The summed E-state index contributed by atoms with van der Waals surface area (Å²) in [5.74, 6) is 0. The molecular weight excluding hydrogens is 530 g/mol. The van der Waals surface area contributed by atoms with Gasteiger partial charge in [0.25, 0.3) is 5.56 Å². The van der Waals surface area contributed by atoms with Crippen LogP contribution in [-0.2, 0) is 6.42 Å². The summed E-state index contributed by atoms with van der Waals surface area (Å²) in [6, 6.07) is 24.9. The molecule has 0 radical (unpaired) electrons. The largest absolute Gasteiger partial charge is 0.358 e. The SMILES string of the molecule is Cc1[nH]c2ccccc2c1/C=c1/sc2n(c1=O)C(c1ccc(Br)cc1)C1=C(N=2)c2ccccc2CC1. The minimum absolute atomic E-state index is 0.0155. The van der Waals surface area contributed by atoms with E-state index in [2.05, 4.69) is 88.5 Å². The maximum atomic E-state index is 14.0. The number of hydrogen-bond acceptors (Lipinski definition) is 3. The molecule has 1 unspecified atom stereocenters. The number of H-pyrrole nitrogens is 1. The van der Waals surface area contributed by atoms with E-state index in [1.54, 1.807) is 0 Å². The molecule has 0 saturated heterocycles. The van der Waals surface area contributed by atoms with Crippen molar-refractivity contribution in [2.75, 3.05) is 0 Å². The van der Waals surface area contributed by atoms with Crippen molar-refractivity contribution in [2.24, 2.45) is 4.99 Å². The van der Waals surface area contributed by atoms with Gasteiger partial charge in [0.15, 0.2) is 4.80 Å². The van der Waals surface area contributed by atoms with Gasteiger partial charge in [0, 0.05) is 32.2 Å². The lowest BCUT2D eigenvalue weighted by atomic mass is 9.83. The zero-order valence-corrected chi connectivity index (χ0v) is 22.0. The highest BCUT2D eigenvalue weighted by Gasteiger charge is 2.32. The highest BCUT2D eigenvalue weighted by Crippen LogP contribution is 2.41. The normalized spacial score (nSPS) is 17.1. The van der Waals surface area contributed by atoms with E-state index < -0.39 is 0 Å². The molecule has 1 aliphatic carbocycles. The van der Waals surface area contributed by atoms with Gasteiger partial charge in [-0.2, -0.15) is 0 Å². The Balaban J connectivity index is 1.51. The third kappa shape index (κ3) is 3.32. The molecule has 1 N–H and O–H groups in total. The minimum atomic E-state index is -0.163. The van der Waals surface area contributed by atoms with Gasteiger partial charge in [-0.05, 0) is 60.7 Å². The Morgan fingerprint density at radius 1 is 1.03 bits per heavy atom. The Hall–Kier alpha value is -3.48. The summed E-state index contributed by atoms with van der Waals surface area (Å²) in [7, 11) is 0. The second-order valence-electron chi connectivity index (χ2n) is 9.37. The van der Waals surface area contributed by atoms with Crippen molar-refractivity contribution in [1.29, 1.82) is 0 Å². The number of thiazole rings is 1. The lowest BCUT2D eigenvalue weighted by Gasteiger charge is -2.30. The predicted octanol–water partition coefficient (Wildman–Crippen LogP) is 5.87. The molecule has 0 fully saturated rings. The number of aromatic nitrogens is 2. The van der Waals surface area contributed by atoms with Gasteiger partial charge in [-0.1, -0.05) is 81.9 Å². The molecule has 0 amide bonds. The molecule has 2 aromatic heterocycles. The quantitative estimate of drug-likeness (QED) is 0.293. The Labute approximate surface area is 220 Å². The van der Waals surface area contributed by atoms with Crippen molar-refractivity contribution in [3.05, 3.63) is 130 Å². The second-order valence-corrected chi connectivity index (χ2v) is 11.3. The lowest BCUT2D eigenvalue weighted by Crippen LogP contribution is -2.38. The summed E-state index contributed by atoms with van der Waals surface area (Å²) in [5, 5.41) is 1.12. The molecule has 1 aliphatic heterocycles. The van der Waals surface area contributed by atoms with Crippen LogP contribution in [0.25, 0.3) is 22.7 Å². The fourth-order valence-electron chi connectivity index (χ4n) is 5.58. The summed E-state index contributed by atoms with van der Waals surface area (Å²) in [6.45, 7) is 2.06. The highest BCUT2D eigenvalue weighted by molar-refractivity contribution is 9.10. The van der Waals surface area contributed by atoms with E-state index in [9.17, 15) is 4.79 Å². The van der Waals surface area contributed by atoms with E-state index in [0.29, 0.717) is 4.53 Å². The fourth-order valence-corrected chi connectivity index (χ4v) is 6.83. The molecule has 3 aromatic carbocycles. The van der Waals surface area contributed by atoms with Crippen molar-refractivity contribution in [2.45, 2.75) is 25.8 Å². The average molecular weight is 552 g/mol. The summed E-state index contributed by atoms with van der Waals surface area (Å²) < 4.78 is 3.64. The van der Waals surface area contributed by atoms with E-state index in [4.69, 9.17) is 4.99 Å². The number of benzene rings is 3. The Kier molecular flexibility index (Phi) is 5.01. The van der Waals surface area contributed by atoms with Gasteiger partial charge < -0.3 is 4.98 Å². The molecule has 6 heteroatoms. The van der Waals surface area contributed by atoms with Crippen molar-refractivity contribution in [3.63, 3.8) is 0 Å². The third-order valence-electron chi connectivity index (χ3n) is 7.28. The highest BCUT2D eigenvalue weighted by atomic mass is 79.9. The van der Waals surface area contributed by atoms with Crippen molar-refractivity contribution < 1.29 is 0 Å². The number of para-hydroxylation sites is 1. The van der Waals surface area contributed by atoms with Crippen molar-refractivity contribution in [3.8, 4) is 0 Å². The Bertz CT molecular complexity index is 1890. The van der Waals surface area contributed by atoms with Crippen LogP contribution in [0, 0.1) is 6.92 Å². The number of fused-ring (bicyclic) bond motifs is 4. The third-order valence-corrected chi connectivity index (χ3v) is 8.79. The fraction of sp³-hybridized carbons (Fsp3) is 0.133. The monoisotopic (exact) mass is 551 g/mol. The van der Waals surface area contributed by atoms with Gasteiger partial charge >= 0.3 is 0 Å². The number of halogens is 1. The predicted molar refractivity (Wildman–Crippen MR) is 150 cm³/mol. The zero-order chi connectivity index (χ0) is 24.4. The molecular formula is C30H22BrN3OS. The van der Waals surface area contributed by atoms with Gasteiger partial charge in [-0.3, -0.25) is 9.36 Å². The molecule has 4 nitrogen and oxygen atoms in total. The van der Waals surface area contributed by atoms with E-state index in [1.807, 2.05) is 22.8 Å². The first-order valence-electron chi connectivity index (χ1n) is 12.0. The number of nitrogens with one attached hydrogen (secondary N) is 1. The molecule has 5 aromatic rings. The van der Waals surface area contributed by atoms with Crippen LogP contribution < -0.4 is 14.9 Å². The maximum absolute atomic E-state index is 14.0. The average Bonchev–Trinajstić information content (AvgIpc) is 3.39. The van der Waals surface area contributed by atoms with Crippen LogP contribution in [0.4, 0.5) is 0 Å². The van der Waals surface area contributed by atoms with Gasteiger partial charge in [-0.15, -0.1) is 0 Å². The van der Waals surface area contributed by atoms with Crippen LogP contribution in [0.15, 0.2) is 92.6 Å². The van der Waals surface area contributed by atoms with E-state index >= 15 is 0 Å². The Morgan fingerprint density at radius 2 is 1.81 bits per heavy atom. The van der Waals surface area contributed by atoms with Gasteiger partial charge in [0.05, 0.1) is 16.3 Å². The summed E-state index contributed by atoms with van der Waals surface area (Å²) >= 11 is 5.05. The molecule has 1 atom stereocenters. The second kappa shape index (κ2) is 8.29. The van der Waals surface area contributed by atoms with Crippen LogP contribution in [0.5, 0.6) is 0 Å². The molecule has 7 rings (SSSR count). The number of nitrogens with zero attached hydrogens (tertiary/aromatic N) is 2. The van der Waals surface area contributed by atoms with Crippen LogP contribution in [0.1, 0.15) is 40.4 Å². The van der Waals surface area contributed by atoms with Crippen molar-refractivity contribution >= 4 is 49.9 Å². The first-order chi connectivity index (χ1) is 17.6. The first kappa shape index (κ1) is 21.8. The number of aromatic amines is 1. The summed E-state index contributed by atoms with van der Waals surface area (Å²) in [6.07, 6.45) is 3.88. The first-order valence-corrected chi connectivity index (χ1v) is 13.7. The Morgan fingerprint density at radius 3 is 2.67 bits per heavy atom. The zero-order valence-electron chi connectivity index (χ0n) is 19.6. The number of hydrogen-bond donors (Lipinski definition) is 1. The molecule has 0 spiro atoms. The van der Waals surface area contributed by atoms with Gasteiger partial charge in [0.2, 0.25) is 0 Å². The minimum Gasteiger partial charge on any atom is -0.358 e. The summed E-state index contributed by atoms with van der Waals surface area (Å²) in [5.41, 5.74) is 9.07. The van der Waals surface area contributed by atoms with E-state index in [1.165, 1.54) is 28.0 Å². The van der Waals surface area contributed by atoms with Gasteiger partial charge in [-0.25, -0.2) is 4.99 Å². The van der Waals surface area contributed by atoms with Crippen LogP contribution in [0.3, 0.4) is 0 Å². The lowest BCUT2D eigenvalue weighted by molar-refractivity contribution is 0.585. The molecule has 176 valence electrons. The number of rotatable bonds is 2. The maximum Gasteiger partial charge on any atom is 0.271 e. The molecule has 2 aliphatic rings. The van der Waals surface area contributed by atoms with Gasteiger partial charge in [0.1, 0.15) is 0 Å². The molecule has 3 heterocycles. The van der Waals surface area contributed by atoms with Crippen molar-refractivity contribution in [1.82, 2.24) is 9.55 Å². The molecule has 0 saturated carbocycles. The van der Waals surface area contributed by atoms with E-state index in [-0.39, 0.29) is 11.6 Å². The number of allylic oxidation sites excluding steroid dienone is 1. The smallest absolute Gasteiger partial charge is 0.271 e. The summed E-state index contributed by atoms with van der Waals surface area (Å²) in [4.78, 5) is 23.3. The molecule has 36 heavy (non-hydrogen) atoms. The topological polar surface area (TPSA) is 50.1 Å². The standard InChI is InChI=1S/C30H22BrN3OS/c1-17-24(22-8-4-5-9-25(22)32-17)16-26-29(35)34-28(19-10-13-20(31)14-11-19)23-15-12-18-6-2-3-7-21(18)27(23)33-30(34)36-26/h2-11,13-14,16,28,32H,12,15H2,1H3/b26-16+. The van der Waals surface area contributed by atoms with Crippen LogP contribution in [-0.4, -0.2) is 9.55 Å².